The van der Waals surface area contributed by atoms with Crippen LogP contribution in [0.25, 0.3) is 0 Å². The largest absolute Gasteiger partial charge is 0.463 e. The normalized spacial score (nSPS) is 12.0. The highest BCUT2D eigenvalue weighted by molar-refractivity contribution is 5.85. The predicted octanol–water partition coefficient (Wildman–Crippen LogP) is 1.70. The Hall–Kier alpha value is -2.92. The minimum atomic E-state index is -5.03. The van der Waals surface area contributed by atoms with E-state index in [1.807, 2.05) is 0 Å². The number of rotatable bonds is 6. The van der Waals surface area contributed by atoms with E-state index in [4.69, 9.17) is 0 Å². The highest BCUT2D eigenvalue weighted by atomic mass is 19.4. The van der Waals surface area contributed by atoms with Crippen molar-refractivity contribution in [1.29, 1.82) is 0 Å². The van der Waals surface area contributed by atoms with Gasteiger partial charge in [-0.2, -0.15) is 18.3 Å². The molecule has 0 aromatic carbocycles. The van der Waals surface area contributed by atoms with Gasteiger partial charge < -0.3 is 10.1 Å². The van der Waals surface area contributed by atoms with Crippen LogP contribution in [0, 0.1) is 17.0 Å². The Bertz CT molecular complexity index is 724. The summed E-state index contributed by atoms with van der Waals surface area (Å²) in [6.07, 6.45) is -4.05. The molecule has 0 atom stereocenters. The second-order valence-corrected chi connectivity index (χ2v) is 4.82. The number of nitrogens with one attached hydrogen (secondary N) is 1. The Morgan fingerprint density at radius 3 is 2.48 bits per heavy atom. The summed E-state index contributed by atoms with van der Waals surface area (Å²) in [5.74, 6) is -1.52. The lowest BCUT2D eigenvalue weighted by molar-refractivity contribution is -0.388. The number of hydrogen-bond donors (Lipinski definition) is 1. The molecule has 1 rings (SSSR count). The van der Waals surface area contributed by atoms with Gasteiger partial charge in [0.05, 0.1) is 11.5 Å². The number of carbonyl (C=O) groups excluding carboxylic acids is 2. The Morgan fingerprint density at radius 2 is 2.04 bits per heavy atom. The molecule has 0 bridgehead atoms. The van der Waals surface area contributed by atoms with Gasteiger partial charge in [0, 0.05) is 11.8 Å². The number of nitro groups is 1. The molecular weight excluding hydrogens is 349 g/mol. The highest BCUT2D eigenvalue weighted by Crippen LogP contribution is 2.36. The Labute approximate surface area is 139 Å². The van der Waals surface area contributed by atoms with Crippen molar-refractivity contribution in [2.45, 2.75) is 33.5 Å². The lowest BCUT2D eigenvalue weighted by Gasteiger charge is -2.06. The highest BCUT2D eigenvalue weighted by Gasteiger charge is 2.44. The van der Waals surface area contributed by atoms with E-state index in [2.05, 4.69) is 15.2 Å². The maximum absolute atomic E-state index is 12.8. The first-order valence-corrected chi connectivity index (χ1v) is 6.91. The number of amides is 1. The zero-order chi connectivity index (χ0) is 19.4. The molecule has 0 saturated carbocycles. The second-order valence-electron chi connectivity index (χ2n) is 4.82. The van der Waals surface area contributed by atoms with Gasteiger partial charge in [-0.25, -0.2) is 4.79 Å². The molecule has 138 valence electrons. The molecule has 0 radical (unpaired) electrons. The van der Waals surface area contributed by atoms with E-state index < -0.39 is 46.6 Å². The number of ether oxygens (including phenoxy) is 1. The van der Waals surface area contributed by atoms with E-state index >= 15 is 0 Å². The van der Waals surface area contributed by atoms with Gasteiger partial charge in [-0.3, -0.25) is 19.6 Å². The number of esters is 1. The lowest BCUT2D eigenvalue weighted by atomic mass is 10.3. The third-order valence-electron chi connectivity index (χ3n) is 2.88. The van der Waals surface area contributed by atoms with E-state index in [0.717, 1.165) is 13.0 Å². The fourth-order valence-electron chi connectivity index (χ4n) is 1.89. The van der Waals surface area contributed by atoms with Gasteiger partial charge in [0.25, 0.3) is 0 Å². The average Bonchev–Trinajstić information content (AvgIpc) is 2.75. The van der Waals surface area contributed by atoms with Crippen molar-refractivity contribution in [3.63, 3.8) is 0 Å². The fourth-order valence-corrected chi connectivity index (χ4v) is 1.89. The molecule has 25 heavy (non-hydrogen) atoms. The van der Waals surface area contributed by atoms with Gasteiger partial charge in [-0.15, -0.1) is 0 Å². The summed E-state index contributed by atoms with van der Waals surface area (Å²) in [4.78, 5) is 32.7. The summed E-state index contributed by atoms with van der Waals surface area (Å²) in [5, 5.41) is 16.2. The SMILES string of the molecule is CCOC(=O)/C=C(\C)NC(=O)Cn1nc(C(F)(F)F)c([N+](=O)[O-])c1C. The molecule has 1 amide bonds. The summed E-state index contributed by atoms with van der Waals surface area (Å²) >= 11 is 0. The van der Waals surface area contributed by atoms with Crippen molar-refractivity contribution in [2.24, 2.45) is 0 Å². The molecule has 1 aromatic heterocycles. The van der Waals surface area contributed by atoms with Gasteiger partial charge in [0.2, 0.25) is 11.6 Å². The van der Waals surface area contributed by atoms with E-state index in [9.17, 15) is 32.9 Å². The molecule has 12 heteroatoms. The topological polar surface area (TPSA) is 116 Å². The number of halogens is 3. The van der Waals surface area contributed by atoms with E-state index in [1.165, 1.54) is 6.92 Å². The fraction of sp³-hybridized carbons (Fsp3) is 0.462. The maximum Gasteiger partial charge on any atom is 0.442 e. The molecule has 0 saturated heterocycles. The zero-order valence-corrected chi connectivity index (χ0v) is 13.5. The van der Waals surface area contributed by atoms with Crippen LogP contribution >= 0.6 is 0 Å². The zero-order valence-electron chi connectivity index (χ0n) is 13.5. The Morgan fingerprint density at radius 1 is 1.44 bits per heavy atom. The minimum Gasteiger partial charge on any atom is -0.463 e. The summed E-state index contributed by atoms with van der Waals surface area (Å²) < 4.78 is 43.7. The van der Waals surface area contributed by atoms with Crippen LogP contribution in [0.4, 0.5) is 18.9 Å². The third kappa shape index (κ3) is 5.29. The van der Waals surface area contributed by atoms with E-state index in [0.29, 0.717) is 4.68 Å². The second kappa shape index (κ2) is 7.77. The minimum absolute atomic E-state index is 0.0961. The molecule has 9 nitrogen and oxygen atoms in total. The summed E-state index contributed by atoms with van der Waals surface area (Å²) in [7, 11) is 0. The van der Waals surface area contributed by atoms with Gasteiger partial charge in [0.1, 0.15) is 12.2 Å². The summed E-state index contributed by atoms with van der Waals surface area (Å²) in [6, 6.07) is 0. The molecule has 0 fully saturated rings. The van der Waals surface area contributed by atoms with Gasteiger partial charge in [-0.05, 0) is 20.8 Å². The van der Waals surface area contributed by atoms with Crippen LogP contribution in [0.2, 0.25) is 0 Å². The van der Waals surface area contributed by atoms with Gasteiger partial charge in [0.15, 0.2) is 0 Å². The van der Waals surface area contributed by atoms with Crippen LogP contribution < -0.4 is 5.32 Å². The van der Waals surface area contributed by atoms with Crippen molar-refractivity contribution >= 4 is 17.6 Å². The number of carbonyl (C=O) groups is 2. The quantitative estimate of drug-likeness (QED) is 0.355. The first-order chi connectivity index (χ1) is 11.5. The maximum atomic E-state index is 12.8. The summed E-state index contributed by atoms with van der Waals surface area (Å²) in [5.41, 5.74) is -3.21. The Balaban J connectivity index is 2.99. The third-order valence-corrected chi connectivity index (χ3v) is 2.88. The van der Waals surface area contributed by atoms with Crippen LogP contribution in [0.3, 0.4) is 0 Å². The first-order valence-electron chi connectivity index (χ1n) is 6.91. The van der Waals surface area contributed by atoms with Crippen LogP contribution in [0.1, 0.15) is 25.2 Å². The number of hydrogen-bond acceptors (Lipinski definition) is 6. The number of nitrogens with zero attached hydrogens (tertiary/aromatic N) is 3. The lowest BCUT2D eigenvalue weighted by Crippen LogP contribution is -2.27. The Kier molecular flexibility index (Phi) is 6.25. The van der Waals surface area contributed by atoms with Crippen LogP contribution in [-0.2, 0) is 27.0 Å². The molecular formula is C13H15F3N4O5. The number of aromatic nitrogens is 2. The summed E-state index contributed by atoms with van der Waals surface area (Å²) in [6.45, 7) is 3.44. The van der Waals surface area contributed by atoms with Crippen molar-refractivity contribution in [3.8, 4) is 0 Å². The smallest absolute Gasteiger partial charge is 0.442 e. The molecule has 0 spiro atoms. The standard InChI is InChI=1S/C13H15F3N4O5/c1-4-25-10(22)5-7(2)17-9(21)6-19-8(3)11(20(23)24)12(18-19)13(14,15)16/h5H,4,6H2,1-3H3,(H,17,21)/b7-5+. The molecule has 0 unspecified atom stereocenters. The molecule has 0 aliphatic carbocycles. The van der Waals surface area contributed by atoms with E-state index in [-0.39, 0.29) is 12.3 Å². The van der Waals surface area contributed by atoms with Crippen LogP contribution in [-0.4, -0.2) is 33.2 Å². The van der Waals surface area contributed by atoms with Crippen molar-refractivity contribution in [3.05, 3.63) is 33.3 Å². The van der Waals surface area contributed by atoms with Gasteiger partial charge >= 0.3 is 17.8 Å². The molecule has 0 aliphatic heterocycles. The molecule has 1 heterocycles. The van der Waals surface area contributed by atoms with Crippen molar-refractivity contribution in [1.82, 2.24) is 15.1 Å². The first kappa shape index (κ1) is 20.1. The van der Waals surface area contributed by atoms with E-state index in [1.54, 1.807) is 6.92 Å². The monoisotopic (exact) mass is 364 g/mol. The molecule has 1 aromatic rings. The number of alkyl halides is 3. The van der Waals surface area contributed by atoms with Gasteiger partial charge in [-0.1, -0.05) is 0 Å². The predicted molar refractivity (Wildman–Crippen MR) is 77.2 cm³/mol. The average molecular weight is 364 g/mol. The van der Waals surface area contributed by atoms with Crippen molar-refractivity contribution < 1.29 is 32.4 Å². The van der Waals surface area contributed by atoms with Crippen LogP contribution in [0.5, 0.6) is 0 Å². The molecule has 1 N–H and O–H groups in total. The van der Waals surface area contributed by atoms with Crippen molar-refractivity contribution in [2.75, 3.05) is 6.61 Å². The number of allylic oxidation sites excluding steroid dienone is 1. The van der Waals surface area contributed by atoms with Crippen LogP contribution in [0.15, 0.2) is 11.8 Å². The molecule has 0 aliphatic rings.